The van der Waals surface area contributed by atoms with Crippen LogP contribution in [-0.2, 0) is 6.54 Å². The highest BCUT2D eigenvalue weighted by Gasteiger charge is 2.15. The molecule has 0 bridgehead atoms. The van der Waals surface area contributed by atoms with E-state index in [1.54, 1.807) is 12.1 Å². The molecule has 0 spiro atoms. The minimum Gasteiger partial charge on any atom is -0.366 e. The van der Waals surface area contributed by atoms with Gasteiger partial charge < -0.3 is 16.0 Å². The van der Waals surface area contributed by atoms with E-state index in [2.05, 4.69) is 24.1 Å². The second-order valence-electron chi connectivity index (χ2n) is 5.66. The van der Waals surface area contributed by atoms with Crippen molar-refractivity contribution >= 4 is 5.91 Å². The van der Waals surface area contributed by atoms with Crippen LogP contribution < -0.4 is 11.1 Å². The Labute approximate surface area is 120 Å². The van der Waals surface area contributed by atoms with Crippen LogP contribution in [0, 0.1) is 11.7 Å². The summed E-state index contributed by atoms with van der Waals surface area (Å²) in [4.78, 5) is 13.1. The predicted octanol–water partition coefficient (Wildman–Crippen LogP) is 1.60. The van der Waals surface area contributed by atoms with Crippen molar-refractivity contribution in [2.75, 3.05) is 20.6 Å². The molecule has 3 N–H and O–H groups in total. The van der Waals surface area contributed by atoms with Crippen molar-refractivity contribution < 1.29 is 9.18 Å². The highest BCUT2D eigenvalue weighted by Crippen LogP contribution is 2.11. The van der Waals surface area contributed by atoms with E-state index in [9.17, 15) is 9.18 Å². The lowest BCUT2D eigenvalue weighted by molar-refractivity contribution is 0.1000. The first kappa shape index (κ1) is 16.6. The number of hydrogen-bond donors (Lipinski definition) is 2. The lowest BCUT2D eigenvalue weighted by atomic mass is 10.0. The maximum absolute atomic E-state index is 13.9. The van der Waals surface area contributed by atoms with Gasteiger partial charge in [0.05, 0.1) is 0 Å². The SMILES string of the molecule is CC(C)C(CN(C)C)NCc1ccc(C(N)=O)cc1F. The third kappa shape index (κ3) is 4.90. The molecule has 0 aromatic heterocycles. The summed E-state index contributed by atoms with van der Waals surface area (Å²) in [7, 11) is 4.03. The van der Waals surface area contributed by atoms with Crippen molar-refractivity contribution in [1.29, 1.82) is 0 Å². The number of rotatable bonds is 7. The Bertz CT molecular complexity index is 460. The molecule has 4 nitrogen and oxygen atoms in total. The zero-order valence-corrected chi connectivity index (χ0v) is 12.6. The van der Waals surface area contributed by atoms with Gasteiger partial charge in [0.25, 0.3) is 0 Å². The quantitative estimate of drug-likeness (QED) is 0.798. The van der Waals surface area contributed by atoms with E-state index >= 15 is 0 Å². The molecule has 0 fully saturated rings. The summed E-state index contributed by atoms with van der Waals surface area (Å²) in [6.07, 6.45) is 0. The molecule has 0 saturated carbocycles. The molecule has 0 saturated heterocycles. The molecular weight excluding hydrogens is 257 g/mol. The van der Waals surface area contributed by atoms with Gasteiger partial charge in [-0.3, -0.25) is 4.79 Å². The van der Waals surface area contributed by atoms with Gasteiger partial charge in [-0.15, -0.1) is 0 Å². The number of nitrogens with two attached hydrogens (primary N) is 1. The van der Waals surface area contributed by atoms with Gasteiger partial charge in [-0.25, -0.2) is 4.39 Å². The number of benzene rings is 1. The summed E-state index contributed by atoms with van der Waals surface area (Å²) in [5.74, 6) is -0.567. The fraction of sp³-hybridized carbons (Fsp3) is 0.533. The summed E-state index contributed by atoms with van der Waals surface area (Å²) in [5, 5.41) is 3.36. The number of primary amides is 1. The largest absolute Gasteiger partial charge is 0.366 e. The lowest BCUT2D eigenvalue weighted by Gasteiger charge is -2.26. The number of amides is 1. The Morgan fingerprint density at radius 1 is 1.40 bits per heavy atom. The van der Waals surface area contributed by atoms with Gasteiger partial charge in [0.15, 0.2) is 0 Å². The highest BCUT2D eigenvalue weighted by molar-refractivity contribution is 5.92. The first-order chi connectivity index (χ1) is 9.31. The topological polar surface area (TPSA) is 58.4 Å². The normalized spacial score (nSPS) is 12.9. The van der Waals surface area contributed by atoms with Gasteiger partial charge in [-0.05, 0) is 32.1 Å². The second-order valence-corrected chi connectivity index (χ2v) is 5.66. The third-order valence-corrected chi connectivity index (χ3v) is 3.26. The molecule has 0 aliphatic rings. The van der Waals surface area contributed by atoms with Crippen LogP contribution in [0.15, 0.2) is 18.2 Å². The number of carbonyl (C=O) groups excluding carboxylic acids is 1. The fourth-order valence-corrected chi connectivity index (χ4v) is 1.99. The van der Waals surface area contributed by atoms with Crippen LogP contribution in [0.25, 0.3) is 0 Å². The number of halogens is 1. The molecule has 1 aromatic rings. The van der Waals surface area contributed by atoms with Crippen molar-refractivity contribution in [3.63, 3.8) is 0 Å². The van der Waals surface area contributed by atoms with Crippen LogP contribution in [0.4, 0.5) is 4.39 Å². The summed E-state index contributed by atoms with van der Waals surface area (Å²) in [5.41, 5.74) is 5.86. The van der Waals surface area contributed by atoms with Gasteiger partial charge in [0, 0.05) is 30.3 Å². The molecule has 1 aromatic carbocycles. The van der Waals surface area contributed by atoms with Crippen LogP contribution in [0.2, 0.25) is 0 Å². The molecule has 0 heterocycles. The summed E-state index contributed by atoms with van der Waals surface area (Å²) < 4.78 is 13.9. The molecule has 112 valence electrons. The number of nitrogens with zero attached hydrogens (tertiary/aromatic N) is 1. The first-order valence-electron chi connectivity index (χ1n) is 6.77. The summed E-state index contributed by atoms with van der Waals surface area (Å²) in [6, 6.07) is 4.63. The third-order valence-electron chi connectivity index (χ3n) is 3.26. The van der Waals surface area contributed by atoms with Crippen molar-refractivity contribution in [3.8, 4) is 0 Å². The molecule has 20 heavy (non-hydrogen) atoms. The lowest BCUT2D eigenvalue weighted by Crippen LogP contribution is -2.41. The van der Waals surface area contributed by atoms with Crippen molar-refractivity contribution in [2.45, 2.75) is 26.4 Å². The molecule has 5 heteroatoms. The Morgan fingerprint density at radius 2 is 2.05 bits per heavy atom. The summed E-state index contributed by atoms with van der Waals surface area (Å²) in [6.45, 7) is 5.58. The average molecular weight is 281 g/mol. The second kappa shape index (κ2) is 7.36. The van der Waals surface area contributed by atoms with E-state index < -0.39 is 11.7 Å². The zero-order valence-electron chi connectivity index (χ0n) is 12.6. The molecule has 1 atom stereocenters. The zero-order chi connectivity index (χ0) is 15.3. The Kier molecular flexibility index (Phi) is 6.10. The van der Waals surface area contributed by atoms with E-state index in [1.807, 2.05) is 14.1 Å². The van der Waals surface area contributed by atoms with E-state index in [0.717, 1.165) is 6.54 Å². The van der Waals surface area contributed by atoms with Crippen LogP contribution >= 0.6 is 0 Å². The average Bonchev–Trinajstić information content (AvgIpc) is 2.34. The van der Waals surface area contributed by atoms with Gasteiger partial charge in [0.2, 0.25) is 5.91 Å². The Morgan fingerprint density at radius 3 is 2.50 bits per heavy atom. The number of likely N-dealkylation sites (N-methyl/N-ethyl adjacent to an activating group) is 1. The minimum absolute atomic E-state index is 0.194. The number of carbonyl (C=O) groups is 1. The van der Waals surface area contributed by atoms with Crippen LogP contribution in [0.1, 0.15) is 29.8 Å². The number of nitrogens with one attached hydrogen (secondary N) is 1. The van der Waals surface area contributed by atoms with Crippen molar-refractivity contribution in [3.05, 3.63) is 35.1 Å². The minimum atomic E-state index is -0.615. The number of hydrogen-bond acceptors (Lipinski definition) is 3. The Balaban J connectivity index is 2.70. The molecule has 0 aliphatic heterocycles. The maximum Gasteiger partial charge on any atom is 0.248 e. The van der Waals surface area contributed by atoms with E-state index in [1.165, 1.54) is 6.07 Å². The van der Waals surface area contributed by atoms with Gasteiger partial charge in [-0.1, -0.05) is 19.9 Å². The van der Waals surface area contributed by atoms with Crippen LogP contribution in [0.5, 0.6) is 0 Å². The maximum atomic E-state index is 13.9. The monoisotopic (exact) mass is 281 g/mol. The van der Waals surface area contributed by atoms with Gasteiger partial charge >= 0.3 is 0 Å². The molecule has 1 rings (SSSR count). The van der Waals surface area contributed by atoms with E-state index in [0.29, 0.717) is 18.0 Å². The Hall–Kier alpha value is -1.46. The van der Waals surface area contributed by atoms with Crippen LogP contribution in [0.3, 0.4) is 0 Å². The van der Waals surface area contributed by atoms with E-state index in [4.69, 9.17) is 5.73 Å². The van der Waals surface area contributed by atoms with Crippen molar-refractivity contribution in [1.82, 2.24) is 10.2 Å². The van der Waals surface area contributed by atoms with Crippen molar-refractivity contribution in [2.24, 2.45) is 11.7 Å². The molecule has 1 unspecified atom stereocenters. The van der Waals surface area contributed by atoms with Crippen LogP contribution in [-0.4, -0.2) is 37.5 Å². The molecule has 1 amide bonds. The first-order valence-corrected chi connectivity index (χ1v) is 6.77. The van der Waals surface area contributed by atoms with E-state index in [-0.39, 0.29) is 11.6 Å². The smallest absolute Gasteiger partial charge is 0.248 e. The molecule has 0 aliphatic carbocycles. The van der Waals surface area contributed by atoms with Gasteiger partial charge in [-0.2, -0.15) is 0 Å². The summed E-state index contributed by atoms with van der Waals surface area (Å²) >= 11 is 0. The molecule has 0 radical (unpaired) electrons. The standard InChI is InChI=1S/C15H24FN3O/c1-10(2)14(9-19(3)4)18-8-12-6-5-11(15(17)20)7-13(12)16/h5-7,10,14,18H,8-9H2,1-4H3,(H2,17,20). The van der Waals surface area contributed by atoms with Gasteiger partial charge in [0.1, 0.15) is 5.82 Å². The predicted molar refractivity (Wildman–Crippen MR) is 78.9 cm³/mol. The molecular formula is C15H24FN3O. The fourth-order valence-electron chi connectivity index (χ4n) is 1.99. The highest BCUT2D eigenvalue weighted by atomic mass is 19.1.